The minimum atomic E-state index is -4.53. The van der Waals surface area contributed by atoms with Gasteiger partial charge in [-0.05, 0) is 30.3 Å². The van der Waals surface area contributed by atoms with E-state index in [4.69, 9.17) is 5.11 Å². The Morgan fingerprint density at radius 2 is 1.97 bits per heavy atom. The van der Waals surface area contributed by atoms with Gasteiger partial charge in [-0.1, -0.05) is 15.9 Å². The monoisotopic (exact) mass is 467 g/mol. The molecule has 0 unspecified atom stereocenters. The Kier molecular flexibility index (Phi) is 5.97. The van der Waals surface area contributed by atoms with E-state index < -0.39 is 24.3 Å². The van der Waals surface area contributed by atoms with E-state index in [1.165, 1.54) is 18.2 Å². The van der Waals surface area contributed by atoms with Crippen molar-refractivity contribution in [1.82, 2.24) is 15.0 Å². The first kappa shape index (κ1) is 20.5. The molecule has 1 aromatic carbocycles. The van der Waals surface area contributed by atoms with Crippen LogP contribution in [0.15, 0.2) is 53.3 Å². The fraction of sp³-hybridized carbons (Fsp3) is 0.111. The van der Waals surface area contributed by atoms with Crippen LogP contribution in [-0.2, 0) is 11.0 Å². The van der Waals surface area contributed by atoms with Gasteiger partial charge >= 0.3 is 12.1 Å². The summed E-state index contributed by atoms with van der Waals surface area (Å²) in [5.74, 6) is -0.927. The van der Waals surface area contributed by atoms with Gasteiger partial charge in [0.1, 0.15) is 12.4 Å². The third-order valence-corrected chi connectivity index (χ3v) is 4.32. The van der Waals surface area contributed by atoms with Gasteiger partial charge in [-0.3, -0.25) is 9.78 Å². The number of nitrogens with one attached hydrogen (secondary N) is 2. The molecule has 2 heterocycles. The van der Waals surface area contributed by atoms with Gasteiger partial charge in [0.25, 0.3) is 0 Å². The lowest BCUT2D eigenvalue weighted by atomic mass is 10.2. The summed E-state index contributed by atoms with van der Waals surface area (Å²) < 4.78 is 39.3. The van der Waals surface area contributed by atoms with Crippen LogP contribution < -0.4 is 10.6 Å². The third kappa shape index (κ3) is 5.41. The molecule has 0 atom stereocenters. The van der Waals surface area contributed by atoms with Crippen molar-refractivity contribution in [3.05, 3.63) is 58.8 Å². The Labute approximate surface area is 171 Å². The van der Waals surface area contributed by atoms with E-state index in [9.17, 15) is 18.0 Å². The highest BCUT2D eigenvalue weighted by molar-refractivity contribution is 9.10. The van der Waals surface area contributed by atoms with Crippen LogP contribution in [0.3, 0.4) is 0 Å². The van der Waals surface area contributed by atoms with Crippen LogP contribution in [0.1, 0.15) is 5.56 Å². The predicted molar refractivity (Wildman–Crippen MR) is 104 cm³/mol. The molecule has 7 nitrogen and oxygen atoms in total. The number of carboxylic acid groups (broad SMARTS) is 1. The molecule has 150 valence electrons. The molecule has 0 saturated carbocycles. The third-order valence-electron chi connectivity index (χ3n) is 3.63. The van der Waals surface area contributed by atoms with Gasteiger partial charge in [0.2, 0.25) is 5.95 Å². The number of pyridine rings is 1. The zero-order valence-corrected chi connectivity index (χ0v) is 16.1. The molecular weight excluding hydrogens is 455 g/mol. The van der Waals surface area contributed by atoms with E-state index in [1.54, 1.807) is 24.5 Å². The second-order valence-corrected chi connectivity index (χ2v) is 6.62. The normalized spacial score (nSPS) is 11.2. The number of hydrogen-bond donors (Lipinski definition) is 3. The fourth-order valence-electron chi connectivity index (χ4n) is 2.38. The zero-order valence-electron chi connectivity index (χ0n) is 14.5. The van der Waals surface area contributed by atoms with Crippen molar-refractivity contribution < 1.29 is 23.1 Å². The van der Waals surface area contributed by atoms with Gasteiger partial charge in [-0.25, -0.2) is 4.98 Å². The van der Waals surface area contributed by atoms with Gasteiger partial charge < -0.3 is 15.7 Å². The van der Waals surface area contributed by atoms with Crippen molar-refractivity contribution >= 4 is 39.4 Å². The lowest BCUT2D eigenvalue weighted by molar-refractivity contribution is -0.138. The molecule has 11 heteroatoms. The molecule has 0 aliphatic rings. The SMILES string of the molecule is O=C(O)CNc1nc(Nc2ccc(Br)c(C(F)(F)F)c2)cc(-c2cccnc2)n1. The topological polar surface area (TPSA) is 100 Å². The molecule has 29 heavy (non-hydrogen) atoms. The minimum absolute atomic E-state index is 0.00408. The van der Waals surface area contributed by atoms with Crippen LogP contribution >= 0.6 is 15.9 Å². The maximum absolute atomic E-state index is 13.1. The van der Waals surface area contributed by atoms with Crippen LogP contribution in [0.25, 0.3) is 11.3 Å². The Bertz CT molecular complexity index is 1030. The highest BCUT2D eigenvalue weighted by Crippen LogP contribution is 2.37. The Morgan fingerprint density at radius 1 is 1.17 bits per heavy atom. The van der Waals surface area contributed by atoms with Crippen molar-refractivity contribution in [2.45, 2.75) is 6.18 Å². The molecule has 0 amide bonds. The van der Waals surface area contributed by atoms with Crippen molar-refractivity contribution in [2.75, 3.05) is 17.2 Å². The molecule has 3 rings (SSSR count). The fourth-order valence-corrected chi connectivity index (χ4v) is 2.85. The highest BCUT2D eigenvalue weighted by atomic mass is 79.9. The number of hydrogen-bond acceptors (Lipinski definition) is 6. The first-order chi connectivity index (χ1) is 13.7. The molecule has 3 aromatic rings. The molecule has 2 aromatic heterocycles. The number of halogens is 4. The Hall–Kier alpha value is -3.21. The zero-order chi connectivity index (χ0) is 21.0. The minimum Gasteiger partial charge on any atom is -0.480 e. The van der Waals surface area contributed by atoms with Crippen LogP contribution in [0.4, 0.5) is 30.6 Å². The van der Waals surface area contributed by atoms with Gasteiger partial charge in [-0.2, -0.15) is 18.2 Å². The summed E-state index contributed by atoms with van der Waals surface area (Å²) in [6.45, 7) is -0.424. The smallest absolute Gasteiger partial charge is 0.417 e. The summed E-state index contributed by atoms with van der Waals surface area (Å²) in [4.78, 5) is 23.2. The van der Waals surface area contributed by atoms with Gasteiger partial charge in [0.15, 0.2) is 0 Å². The van der Waals surface area contributed by atoms with E-state index in [0.717, 1.165) is 6.07 Å². The largest absolute Gasteiger partial charge is 0.480 e. The average molecular weight is 468 g/mol. The lowest BCUT2D eigenvalue weighted by Crippen LogP contribution is -2.15. The number of carbonyl (C=O) groups is 1. The van der Waals surface area contributed by atoms with Crippen LogP contribution in [0.2, 0.25) is 0 Å². The summed E-state index contributed by atoms with van der Waals surface area (Å²) in [6, 6.07) is 8.63. The average Bonchev–Trinajstić information content (AvgIpc) is 2.67. The Morgan fingerprint density at radius 3 is 2.62 bits per heavy atom. The second-order valence-electron chi connectivity index (χ2n) is 5.77. The number of aliphatic carboxylic acids is 1. The van der Waals surface area contributed by atoms with E-state index in [2.05, 4.69) is 41.5 Å². The molecule has 0 radical (unpaired) electrons. The molecule has 0 fully saturated rings. The highest BCUT2D eigenvalue weighted by Gasteiger charge is 2.33. The molecule has 0 saturated heterocycles. The van der Waals surface area contributed by atoms with Crippen molar-refractivity contribution in [2.24, 2.45) is 0 Å². The van der Waals surface area contributed by atoms with E-state index >= 15 is 0 Å². The molecular formula is C18H13BrF3N5O2. The molecule has 0 aliphatic heterocycles. The Balaban J connectivity index is 1.98. The molecule has 0 bridgehead atoms. The first-order valence-electron chi connectivity index (χ1n) is 8.11. The number of anilines is 3. The first-order valence-corrected chi connectivity index (χ1v) is 8.90. The summed E-state index contributed by atoms with van der Waals surface area (Å²) in [6.07, 6.45) is -1.40. The quantitative estimate of drug-likeness (QED) is 0.488. The van der Waals surface area contributed by atoms with E-state index in [-0.39, 0.29) is 21.9 Å². The van der Waals surface area contributed by atoms with Crippen LogP contribution in [0, 0.1) is 0 Å². The van der Waals surface area contributed by atoms with Crippen molar-refractivity contribution in [3.63, 3.8) is 0 Å². The van der Waals surface area contributed by atoms with E-state index in [1.807, 2.05) is 0 Å². The van der Waals surface area contributed by atoms with Crippen LogP contribution in [0.5, 0.6) is 0 Å². The summed E-state index contributed by atoms with van der Waals surface area (Å²) >= 11 is 2.89. The summed E-state index contributed by atoms with van der Waals surface area (Å²) in [5, 5.41) is 14.2. The van der Waals surface area contributed by atoms with Crippen molar-refractivity contribution in [3.8, 4) is 11.3 Å². The summed E-state index contributed by atoms with van der Waals surface area (Å²) in [5.41, 5.74) is 0.355. The number of carboxylic acids is 1. The molecule has 0 aliphatic carbocycles. The van der Waals surface area contributed by atoms with Crippen molar-refractivity contribution in [1.29, 1.82) is 0 Å². The summed E-state index contributed by atoms with van der Waals surface area (Å²) in [7, 11) is 0. The van der Waals surface area contributed by atoms with Gasteiger partial charge in [0, 0.05) is 34.2 Å². The molecule has 3 N–H and O–H groups in total. The van der Waals surface area contributed by atoms with Gasteiger partial charge in [-0.15, -0.1) is 0 Å². The predicted octanol–water partition coefficient (Wildman–Crippen LogP) is 4.56. The number of benzene rings is 1. The van der Waals surface area contributed by atoms with E-state index in [0.29, 0.717) is 11.3 Å². The van der Waals surface area contributed by atoms with Gasteiger partial charge in [0.05, 0.1) is 11.3 Å². The maximum atomic E-state index is 13.1. The number of nitrogens with zero attached hydrogens (tertiary/aromatic N) is 3. The number of alkyl halides is 3. The second kappa shape index (κ2) is 8.43. The standard InChI is InChI=1S/C18H13BrF3N5O2/c19-13-4-3-11(6-12(13)18(20,21)22)25-15-7-14(10-2-1-5-23-8-10)26-17(27-15)24-9-16(28)29/h1-8H,9H2,(H,28,29)(H2,24,25,26,27). The number of rotatable bonds is 6. The van der Waals surface area contributed by atoms with Crippen LogP contribution in [-0.4, -0.2) is 32.6 Å². The maximum Gasteiger partial charge on any atom is 0.417 e. The molecule has 0 spiro atoms. The lowest BCUT2D eigenvalue weighted by Gasteiger charge is -2.13. The number of aromatic nitrogens is 3.